The minimum Gasteiger partial charge on any atom is -0.385 e. The topological polar surface area (TPSA) is 44.5 Å². The molecule has 0 amide bonds. The van der Waals surface area contributed by atoms with Crippen molar-refractivity contribution in [3.05, 3.63) is 0 Å². The van der Waals surface area contributed by atoms with Gasteiger partial charge in [0, 0.05) is 26.4 Å². The van der Waals surface area contributed by atoms with E-state index in [9.17, 15) is 0 Å². The maximum absolute atomic E-state index is 6.22. The fraction of sp³-hybridized carbons (Fsp3) is 1.00. The van der Waals surface area contributed by atoms with E-state index in [4.69, 9.17) is 15.2 Å². The van der Waals surface area contributed by atoms with E-state index in [-0.39, 0.29) is 17.6 Å². The highest BCUT2D eigenvalue weighted by Crippen LogP contribution is 2.35. The largest absolute Gasteiger partial charge is 0.385 e. The first kappa shape index (κ1) is 12.9. The second-order valence-electron chi connectivity index (χ2n) is 5.16. The molecule has 15 heavy (non-hydrogen) atoms. The average molecular weight is 215 g/mol. The van der Waals surface area contributed by atoms with Gasteiger partial charge in [-0.25, -0.2) is 0 Å². The van der Waals surface area contributed by atoms with Gasteiger partial charge in [-0.3, -0.25) is 0 Å². The molecule has 0 saturated heterocycles. The van der Waals surface area contributed by atoms with Crippen molar-refractivity contribution >= 4 is 0 Å². The zero-order valence-corrected chi connectivity index (χ0v) is 10.3. The minimum atomic E-state index is 0.175. The van der Waals surface area contributed by atoms with E-state index in [0.717, 1.165) is 26.1 Å². The van der Waals surface area contributed by atoms with Crippen LogP contribution in [0, 0.1) is 5.41 Å². The van der Waals surface area contributed by atoms with Gasteiger partial charge in [0.1, 0.15) is 0 Å². The van der Waals surface area contributed by atoms with Crippen LogP contribution in [0.3, 0.4) is 0 Å². The van der Waals surface area contributed by atoms with Gasteiger partial charge in [0.05, 0.1) is 6.10 Å². The van der Waals surface area contributed by atoms with Gasteiger partial charge < -0.3 is 15.2 Å². The summed E-state index contributed by atoms with van der Waals surface area (Å²) in [6, 6.07) is 0.175. The third kappa shape index (κ3) is 3.74. The lowest BCUT2D eigenvalue weighted by Gasteiger charge is -2.41. The number of ether oxygens (including phenoxy) is 2. The van der Waals surface area contributed by atoms with Crippen LogP contribution in [-0.4, -0.2) is 32.5 Å². The molecule has 1 fully saturated rings. The van der Waals surface area contributed by atoms with Crippen molar-refractivity contribution in [2.24, 2.45) is 11.1 Å². The number of methoxy groups -OCH3 is 1. The quantitative estimate of drug-likeness (QED) is 0.713. The molecule has 0 spiro atoms. The Kier molecular flexibility index (Phi) is 5.03. The first-order chi connectivity index (χ1) is 7.08. The summed E-state index contributed by atoms with van der Waals surface area (Å²) in [6.45, 7) is 6.01. The molecule has 0 radical (unpaired) electrons. The lowest BCUT2D eigenvalue weighted by Crippen LogP contribution is -2.50. The molecular formula is C12H25NO2. The third-order valence-electron chi connectivity index (χ3n) is 3.44. The second-order valence-corrected chi connectivity index (χ2v) is 5.16. The molecule has 1 saturated carbocycles. The van der Waals surface area contributed by atoms with Gasteiger partial charge in [-0.15, -0.1) is 0 Å². The third-order valence-corrected chi connectivity index (χ3v) is 3.44. The summed E-state index contributed by atoms with van der Waals surface area (Å²) in [5.41, 5.74) is 6.44. The minimum absolute atomic E-state index is 0.175. The Morgan fingerprint density at radius 2 is 2.07 bits per heavy atom. The summed E-state index contributed by atoms with van der Waals surface area (Å²) in [4.78, 5) is 0. The van der Waals surface area contributed by atoms with Crippen LogP contribution in [-0.2, 0) is 9.47 Å². The summed E-state index contributed by atoms with van der Waals surface area (Å²) in [5, 5.41) is 0. The molecule has 2 N–H and O–H groups in total. The van der Waals surface area contributed by atoms with Gasteiger partial charge in [0.25, 0.3) is 0 Å². The smallest absolute Gasteiger partial charge is 0.0731 e. The molecular weight excluding hydrogens is 190 g/mol. The molecule has 0 aromatic carbocycles. The molecule has 0 aliphatic heterocycles. The van der Waals surface area contributed by atoms with E-state index in [2.05, 4.69) is 13.8 Å². The monoisotopic (exact) mass is 215 g/mol. The van der Waals surface area contributed by atoms with Crippen LogP contribution in [0.4, 0.5) is 0 Å². The first-order valence-corrected chi connectivity index (χ1v) is 5.94. The summed E-state index contributed by atoms with van der Waals surface area (Å²) in [5.74, 6) is 0. The molecule has 0 aromatic heterocycles. The maximum atomic E-state index is 6.22. The summed E-state index contributed by atoms with van der Waals surface area (Å²) in [7, 11) is 1.72. The molecule has 1 aliphatic carbocycles. The van der Waals surface area contributed by atoms with Gasteiger partial charge >= 0.3 is 0 Å². The van der Waals surface area contributed by atoms with Gasteiger partial charge in [-0.2, -0.15) is 0 Å². The van der Waals surface area contributed by atoms with Gasteiger partial charge in [0.2, 0.25) is 0 Å². The Labute approximate surface area is 93.3 Å². The molecule has 0 heterocycles. The van der Waals surface area contributed by atoms with Crippen LogP contribution in [0.1, 0.15) is 39.5 Å². The SMILES string of the molecule is COCCCOC1CCCC(C)(C)C1N. The van der Waals surface area contributed by atoms with Crippen molar-refractivity contribution < 1.29 is 9.47 Å². The predicted molar refractivity (Wildman–Crippen MR) is 61.8 cm³/mol. The average Bonchev–Trinajstić information content (AvgIpc) is 2.19. The Bertz CT molecular complexity index is 182. The van der Waals surface area contributed by atoms with Crippen LogP contribution < -0.4 is 5.73 Å². The van der Waals surface area contributed by atoms with Crippen LogP contribution >= 0.6 is 0 Å². The molecule has 1 rings (SSSR count). The molecule has 0 aromatic rings. The normalized spacial score (nSPS) is 30.4. The van der Waals surface area contributed by atoms with E-state index in [1.54, 1.807) is 7.11 Å². The predicted octanol–water partition coefficient (Wildman–Crippen LogP) is 1.95. The molecule has 3 nitrogen and oxygen atoms in total. The highest BCUT2D eigenvalue weighted by Gasteiger charge is 2.36. The van der Waals surface area contributed by atoms with Crippen molar-refractivity contribution in [1.82, 2.24) is 0 Å². The van der Waals surface area contributed by atoms with Crippen LogP contribution in [0.5, 0.6) is 0 Å². The standard InChI is InChI=1S/C12H25NO2/c1-12(2)7-4-6-10(11(12)13)15-9-5-8-14-3/h10-11H,4-9,13H2,1-3H3. The zero-order valence-electron chi connectivity index (χ0n) is 10.3. The van der Waals surface area contributed by atoms with Crippen molar-refractivity contribution in [2.75, 3.05) is 20.3 Å². The number of hydrogen-bond acceptors (Lipinski definition) is 3. The van der Waals surface area contributed by atoms with Crippen molar-refractivity contribution in [3.8, 4) is 0 Å². The van der Waals surface area contributed by atoms with Crippen molar-refractivity contribution in [2.45, 2.75) is 51.7 Å². The number of nitrogens with two attached hydrogens (primary N) is 1. The van der Waals surface area contributed by atoms with Crippen LogP contribution in [0.2, 0.25) is 0 Å². The summed E-state index contributed by atoms with van der Waals surface area (Å²) < 4.78 is 10.8. The van der Waals surface area contributed by atoms with Crippen LogP contribution in [0.15, 0.2) is 0 Å². The first-order valence-electron chi connectivity index (χ1n) is 5.94. The molecule has 1 aliphatic rings. The fourth-order valence-corrected chi connectivity index (χ4v) is 2.23. The number of hydrogen-bond donors (Lipinski definition) is 1. The Balaban J connectivity index is 2.28. The zero-order chi connectivity index (χ0) is 11.3. The maximum Gasteiger partial charge on any atom is 0.0731 e. The van der Waals surface area contributed by atoms with E-state index < -0.39 is 0 Å². The molecule has 0 bridgehead atoms. The van der Waals surface area contributed by atoms with E-state index >= 15 is 0 Å². The second kappa shape index (κ2) is 5.83. The Morgan fingerprint density at radius 1 is 1.33 bits per heavy atom. The fourth-order valence-electron chi connectivity index (χ4n) is 2.23. The lowest BCUT2D eigenvalue weighted by atomic mass is 9.72. The highest BCUT2D eigenvalue weighted by atomic mass is 16.5. The summed E-state index contributed by atoms with van der Waals surface area (Å²) >= 11 is 0. The van der Waals surface area contributed by atoms with E-state index in [0.29, 0.717) is 0 Å². The van der Waals surface area contributed by atoms with Gasteiger partial charge in [-0.05, 0) is 24.7 Å². The summed E-state index contributed by atoms with van der Waals surface area (Å²) in [6.07, 6.45) is 4.75. The lowest BCUT2D eigenvalue weighted by molar-refractivity contribution is -0.0295. The van der Waals surface area contributed by atoms with Crippen molar-refractivity contribution in [1.29, 1.82) is 0 Å². The molecule has 90 valence electrons. The van der Waals surface area contributed by atoms with Crippen molar-refractivity contribution in [3.63, 3.8) is 0 Å². The van der Waals surface area contributed by atoms with Gasteiger partial charge in [0.15, 0.2) is 0 Å². The van der Waals surface area contributed by atoms with Gasteiger partial charge in [-0.1, -0.05) is 20.3 Å². The Hall–Kier alpha value is -0.120. The Morgan fingerprint density at radius 3 is 2.73 bits per heavy atom. The van der Waals surface area contributed by atoms with E-state index in [1.807, 2.05) is 0 Å². The molecule has 3 heteroatoms. The molecule has 2 atom stereocenters. The molecule has 2 unspecified atom stereocenters. The highest BCUT2D eigenvalue weighted by molar-refractivity contribution is 4.91. The number of rotatable bonds is 5. The van der Waals surface area contributed by atoms with Crippen LogP contribution in [0.25, 0.3) is 0 Å². The van der Waals surface area contributed by atoms with E-state index in [1.165, 1.54) is 12.8 Å².